The second kappa shape index (κ2) is 10.6. The summed E-state index contributed by atoms with van der Waals surface area (Å²) in [6, 6.07) is 28.7. The molecule has 2 atom stereocenters. The Bertz CT molecular complexity index is 1240. The largest absolute Gasteiger partial charge is 0.497 e. The highest BCUT2D eigenvalue weighted by molar-refractivity contribution is 7.80. The summed E-state index contributed by atoms with van der Waals surface area (Å²) in [5, 5.41) is 7.82. The topological polar surface area (TPSA) is 54.4 Å². The van der Waals surface area contributed by atoms with Gasteiger partial charge in [-0.05, 0) is 79.3 Å². The summed E-state index contributed by atoms with van der Waals surface area (Å²) in [7, 11) is 1.68. The molecule has 0 radical (unpaired) electrons. The van der Waals surface area contributed by atoms with Crippen molar-refractivity contribution in [2.24, 2.45) is 0 Å². The first kappa shape index (κ1) is 22.9. The molecule has 178 valence electrons. The van der Waals surface area contributed by atoms with Gasteiger partial charge in [0, 0.05) is 42.6 Å². The van der Waals surface area contributed by atoms with E-state index in [2.05, 4.69) is 73.7 Å². The van der Waals surface area contributed by atoms with Gasteiger partial charge in [0.25, 0.3) is 0 Å². The molecular formula is C28H29N5OS. The molecule has 1 fully saturated rings. The maximum atomic E-state index is 5.85. The predicted molar refractivity (Wildman–Crippen MR) is 144 cm³/mol. The number of nitrogens with zero attached hydrogens (tertiary/aromatic N) is 3. The molecule has 4 aromatic rings. The van der Waals surface area contributed by atoms with Crippen LogP contribution in [0.25, 0.3) is 5.69 Å². The van der Waals surface area contributed by atoms with Crippen LogP contribution in [0.1, 0.15) is 29.9 Å². The van der Waals surface area contributed by atoms with E-state index in [1.54, 1.807) is 7.11 Å². The van der Waals surface area contributed by atoms with Crippen LogP contribution in [0.15, 0.2) is 97.3 Å². The molecule has 2 aromatic heterocycles. The van der Waals surface area contributed by atoms with E-state index >= 15 is 0 Å². The molecule has 35 heavy (non-hydrogen) atoms. The molecule has 1 aliphatic rings. The van der Waals surface area contributed by atoms with Gasteiger partial charge < -0.3 is 24.8 Å². The maximum Gasteiger partial charge on any atom is 0.170 e. The Morgan fingerprint density at radius 1 is 0.971 bits per heavy atom. The van der Waals surface area contributed by atoms with Crippen LogP contribution in [0.3, 0.4) is 0 Å². The van der Waals surface area contributed by atoms with Crippen molar-refractivity contribution < 1.29 is 4.74 Å². The second-order valence-corrected chi connectivity index (χ2v) is 8.85. The number of benzene rings is 2. The Morgan fingerprint density at radius 2 is 1.77 bits per heavy atom. The van der Waals surface area contributed by atoms with Gasteiger partial charge in [0.2, 0.25) is 0 Å². The lowest BCUT2D eigenvalue weighted by Gasteiger charge is -2.29. The number of ether oxygens (including phenoxy) is 1. The fourth-order valence-electron chi connectivity index (χ4n) is 4.62. The lowest BCUT2D eigenvalue weighted by atomic mass is 10.0. The Balaban J connectivity index is 1.42. The van der Waals surface area contributed by atoms with Gasteiger partial charge in [-0.25, -0.2) is 0 Å². The molecule has 1 saturated heterocycles. The number of hydrogen-bond donors (Lipinski definition) is 2. The molecule has 0 spiro atoms. The lowest BCUT2D eigenvalue weighted by molar-refractivity contribution is 0.307. The van der Waals surface area contributed by atoms with Crippen molar-refractivity contribution in [3.63, 3.8) is 0 Å². The Morgan fingerprint density at radius 3 is 2.51 bits per heavy atom. The first-order chi connectivity index (χ1) is 17.2. The Labute approximate surface area is 211 Å². The summed E-state index contributed by atoms with van der Waals surface area (Å²) in [6.07, 6.45) is 4.89. The van der Waals surface area contributed by atoms with E-state index < -0.39 is 0 Å². The number of pyridine rings is 1. The van der Waals surface area contributed by atoms with Gasteiger partial charge in [0.05, 0.1) is 24.9 Å². The minimum atomic E-state index is -0.0438. The van der Waals surface area contributed by atoms with Crippen molar-refractivity contribution >= 4 is 23.0 Å². The molecule has 1 aliphatic heterocycles. The summed E-state index contributed by atoms with van der Waals surface area (Å²) in [5.41, 5.74) is 4.35. The molecule has 2 aromatic carbocycles. The molecule has 0 unspecified atom stereocenters. The molecular weight excluding hydrogens is 454 g/mol. The van der Waals surface area contributed by atoms with E-state index in [4.69, 9.17) is 17.0 Å². The molecule has 0 saturated carbocycles. The van der Waals surface area contributed by atoms with E-state index in [-0.39, 0.29) is 12.1 Å². The minimum absolute atomic E-state index is 0.00577. The van der Waals surface area contributed by atoms with Crippen LogP contribution in [0.4, 0.5) is 5.69 Å². The molecule has 5 rings (SSSR count). The smallest absolute Gasteiger partial charge is 0.170 e. The van der Waals surface area contributed by atoms with Crippen LogP contribution in [-0.2, 0) is 0 Å². The monoisotopic (exact) mass is 483 g/mol. The third-order valence-electron chi connectivity index (χ3n) is 6.31. The standard InChI is InChI=1S/C28H29N5OS/c1-34-23-15-13-22(14-16-23)32-19-7-12-25(32)27-26(24-11-5-6-17-30-24)31-28(35)33(27)20-8-18-29-21-9-3-2-4-10-21/h2-7,9-17,19,26-27,29H,8,18,20H2,1H3,(H,31,35)/t26-,27+/m0/s1. The molecule has 6 nitrogen and oxygen atoms in total. The van der Waals surface area contributed by atoms with Gasteiger partial charge >= 0.3 is 0 Å². The zero-order valence-corrected chi connectivity index (χ0v) is 20.5. The number of hydrogen-bond acceptors (Lipinski definition) is 4. The van der Waals surface area contributed by atoms with Gasteiger partial charge in [0.15, 0.2) is 5.11 Å². The predicted octanol–water partition coefficient (Wildman–Crippen LogP) is 5.36. The quantitative estimate of drug-likeness (QED) is 0.247. The van der Waals surface area contributed by atoms with Crippen LogP contribution in [0, 0.1) is 0 Å². The summed E-state index contributed by atoms with van der Waals surface area (Å²) in [4.78, 5) is 6.97. The van der Waals surface area contributed by atoms with Crippen LogP contribution in [0.2, 0.25) is 0 Å². The number of para-hydroxylation sites is 1. The van der Waals surface area contributed by atoms with Gasteiger partial charge in [-0.2, -0.15) is 0 Å². The normalized spacial score (nSPS) is 17.3. The van der Waals surface area contributed by atoms with Gasteiger partial charge in [-0.3, -0.25) is 4.98 Å². The second-order valence-electron chi connectivity index (χ2n) is 8.47. The number of thiocarbonyl (C=S) groups is 1. The average molecular weight is 484 g/mol. The van der Waals surface area contributed by atoms with Crippen molar-refractivity contribution in [2.45, 2.75) is 18.5 Å². The number of aromatic nitrogens is 2. The van der Waals surface area contributed by atoms with Crippen LogP contribution >= 0.6 is 12.2 Å². The average Bonchev–Trinajstić information content (AvgIpc) is 3.52. The van der Waals surface area contributed by atoms with Crippen LogP contribution in [-0.4, -0.2) is 39.8 Å². The van der Waals surface area contributed by atoms with E-state index in [1.807, 2.05) is 48.7 Å². The van der Waals surface area contributed by atoms with Crippen molar-refractivity contribution in [3.8, 4) is 11.4 Å². The summed E-state index contributed by atoms with van der Waals surface area (Å²) in [6.45, 7) is 1.69. The highest BCUT2D eigenvalue weighted by atomic mass is 32.1. The lowest BCUT2D eigenvalue weighted by Crippen LogP contribution is -2.32. The number of anilines is 1. The van der Waals surface area contributed by atoms with E-state index in [0.29, 0.717) is 0 Å². The zero-order chi connectivity index (χ0) is 24.0. The van der Waals surface area contributed by atoms with Crippen molar-refractivity contribution in [3.05, 3.63) is 109 Å². The number of methoxy groups -OCH3 is 1. The van der Waals surface area contributed by atoms with Gasteiger partial charge in [0.1, 0.15) is 5.75 Å². The molecule has 0 bridgehead atoms. The fraction of sp³-hybridized carbons (Fsp3) is 0.214. The maximum absolute atomic E-state index is 5.85. The first-order valence-corrected chi connectivity index (χ1v) is 12.2. The number of rotatable bonds is 9. The number of nitrogens with one attached hydrogen (secondary N) is 2. The Hall–Kier alpha value is -3.84. The van der Waals surface area contributed by atoms with Crippen molar-refractivity contribution in [1.29, 1.82) is 0 Å². The van der Waals surface area contributed by atoms with E-state index in [9.17, 15) is 0 Å². The first-order valence-electron chi connectivity index (χ1n) is 11.8. The Kier molecular flexibility index (Phi) is 6.95. The van der Waals surface area contributed by atoms with Crippen LogP contribution in [0.5, 0.6) is 5.75 Å². The van der Waals surface area contributed by atoms with E-state index in [0.717, 1.165) is 53.1 Å². The molecule has 0 amide bonds. The molecule has 2 N–H and O–H groups in total. The third-order valence-corrected chi connectivity index (χ3v) is 6.66. The molecule has 3 heterocycles. The summed E-state index contributed by atoms with van der Waals surface area (Å²) < 4.78 is 7.58. The zero-order valence-electron chi connectivity index (χ0n) is 19.7. The fourth-order valence-corrected chi connectivity index (χ4v) is 4.95. The van der Waals surface area contributed by atoms with Crippen molar-refractivity contribution in [1.82, 2.24) is 19.8 Å². The summed E-state index contributed by atoms with van der Waals surface area (Å²) >= 11 is 5.85. The third kappa shape index (κ3) is 5.00. The highest BCUT2D eigenvalue weighted by Gasteiger charge is 2.40. The SMILES string of the molecule is COc1ccc(-n2cccc2[C@@H]2[C@H](c3ccccn3)NC(=S)N2CCCNc2ccccc2)cc1. The van der Waals surface area contributed by atoms with Gasteiger partial charge in [-0.15, -0.1) is 0 Å². The summed E-state index contributed by atoms with van der Waals surface area (Å²) in [5.74, 6) is 0.838. The molecule has 7 heteroatoms. The minimum Gasteiger partial charge on any atom is -0.497 e. The highest BCUT2D eigenvalue weighted by Crippen LogP contribution is 2.39. The van der Waals surface area contributed by atoms with Crippen LogP contribution < -0.4 is 15.4 Å². The van der Waals surface area contributed by atoms with Gasteiger partial charge in [-0.1, -0.05) is 24.3 Å². The van der Waals surface area contributed by atoms with Crippen molar-refractivity contribution in [2.75, 3.05) is 25.5 Å². The van der Waals surface area contributed by atoms with E-state index in [1.165, 1.54) is 0 Å². The molecule has 0 aliphatic carbocycles.